The van der Waals surface area contributed by atoms with Crippen molar-refractivity contribution < 1.29 is 42.9 Å². The number of fused-ring (bicyclic) bond motifs is 2. The van der Waals surface area contributed by atoms with Gasteiger partial charge >= 0.3 is 23.5 Å². The number of hydrogen-bond acceptors (Lipinski definition) is 11. The molecule has 38 heavy (non-hydrogen) atoms. The molecule has 1 N–H and O–H groups in total. The monoisotopic (exact) mass is 529 g/mol. The first-order valence-electron chi connectivity index (χ1n) is 12.3. The fourth-order valence-corrected chi connectivity index (χ4v) is 5.54. The molecule has 6 atom stereocenters. The van der Waals surface area contributed by atoms with Gasteiger partial charge in [0.2, 0.25) is 0 Å². The lowest BCUT2D eigenvalue weighted by Gasteiger charge is -2.54. The minimum Gasteiger partial charge on any atom is -0.482 e. The Morgan fingerprint density at radius 3 is 2.53 bits per heavy atom. The smallest absolute Gasteiger partial charge is 0.345 e. The molecule has 1 fully saturated rings. The third kappa shape index (κ3) is 5.15. The van der Waals surface area contributed by atoms with Gasteiger partial charge in [-0.05, 0) is 38.8 Å². The van der Waals surface area contributed by atoms with Crippen molar-refractivity contribution in [2.45, 2.75) is 70.9 Å². The van der Waals surface area contributed by atoms with Crippen LogP contribution in [-0.4, -0.2) is 51.9 Å². The number of rotatable bonds is 6. The van der Waals surface area contributed by atoms with E-state index in [0.29, 0.717) is 5.56 Å². The van der Waals surface area contributed by atoms with Crippen LogP contribution in [0.5, 0.6) is 5.75 Å². The van der Waals surface area contributed by atoms with Gasteiger partial charge in [0.05, 0.1) is 6.10 Å². The summed E-state index contributed by atoms with van der Waals surface area (Å²) in [7, 11) is 0. The van der Waals surface area contributed by atoms with Gasteiger partial charge in [-0.2, -0.15) is 0 Å². The highest BCUT2D eigenvalue weighted by Gasteiger charge is 2.60. The minimum atomic E-state index is -1.35. The lowest BCUT2D eigenvalue weighted by Crippen LogP contribution is -2.63. The lowest BCUT2D eigenvalue weighted by atomic mass is 9.62. The van der Waals surface area contributed by atoms with E-state index >= 15 is 0 Å². The largest absolute Gasteiger partial charge is 0.482 e. The Kier molecular flexibility index (Phi) is 7.33. The standard InChI is InChI=1S/C27H31NO10/c1-14(29)34-13-26(4,37-16(3)31)18-9-19-24(32)23-21(38-27(19,5)22(10-18)35-15(2)30)11-20(36-25(23)33)17-7-6-8-28-12-17/h6-8,11-12,18-19,22,24,32H,9-10,13H2,1-5H3/t18-,19-,22-,24+,26+,27-/m1/s1. The SMILES string of the molecule is CC(=O)OC[C@](C)(OC(C)=O)[C@@H]1C[C@@H]2[C@H](O)c3c(cc(-c4cccnc4)oc3=O)O[C@@]2(C)[C@H](OC(C)=O)C1. The molecule has 1 saturated carbocycles. The van der Waals surface area contributed by atoms with Crippen LogP contribution >= 0.6 is 0 Å². The normalized spacial score (nSPS) is 27.5. The first-order chi connectivity index (χ1) is 17.8. The van der Waals surface area contributed by atoms with Crippen LogP contribution < -0.4 is 10.4 Å². The number of esters is 3. The second-order valence-corrected chi connectivity index (χ2v) is 10.2. The molecular formula is C27H31NO10. The second-order valence-electron chi connectivity index (χ2n) is 10.2. The number of aromatic nitrogens is 1. The fraction of sp³-hybridized carbons (Fsp3) is 0.519. The van der Waals surface area contributed by atoms with E-state index in [1.807, 2.05) is 0 Å². The highest BCUT2D eigenvalue weighted by Crippen LogP contribution is 2.54. The maximum atomic E-state index is 13.1. The zero-order chi connectivity index (χ0) is 27.8. The van der Waals surface area contributed by atoms with Crippen LogP contribution in [-0.2, 0) is 28.6 Å². The van der Waals surface area contributed by atoms with Gasteiger partial charge in [-0.25, -0.2) is 4.79 Å². The predicted octanol–water partition coefficient (Wildman–Crippen LogP) is 2.73. The molecule has 0 bridgehead atoms. The van der Waals surface area contributed by atoms with Crippen molar-refractivity contribution in [2.24, 2.45) is 11.8 Å². The Bertz CT molecular complexity index is 1290. The molecule has 0 unspecified atom stereocenters. The molecule has 2 aromatic heterocycles. The molecule has 204 valence electrons. The van der Waals surface area contributed by atoms with Gasteiger partial charge in [-0.1, -0.05) is 0 Å². The van der Waals surface area contributed by atoms with Gasteiger partial charge in [-0.3, -0.25) is 19.4 Å². The third-order valence-corrected chi connectivity index (χ3v) is 7.43. The van der Waals surface area contributed by atoms with E-state index in [0.717, 1.165) is 0 Å². The summed E-state index contributed by atoms with van der Waals surface area (Å²) in [6, 6.07) is 4.92. The predicted molar refractivity (Wildman–Crippen MR) is 131 cm³/mol. The average Bonchev–Trinajstić information content (AvgIpc) is 2.83. The van der Waals surface area contributed by atoms with Crippen molar-refractivity contribution in [2.75, 3.05) is 6.61 Å². The van der Waals surface area contributed by atoms with Gasteiger partial charge in [0.1, 0.15) is 41.0 Å². The molecule has 11 heteroatoms. The van der Waals surface area contributed by atoms with Gasteiger partial charge in [0, 0.05) is 56.6 Å². The Morgan fingerprint density at radius 1 is 1.18 bits per heavy atom. The van der Waals surface area contributed by atoms with Crippen molar-refractivity contribution in [1.82, 2.24) is 4.98 Å². The molecule has 3 heterocycles. The van der Waals surface area contributed by atoms with Crippen molar-refractivity contribution in [1.29, 1.82) is 0 Å². The summed E-state index contributed by atoms with van der Waals surface area (Å²) in [5.41, 5.74) is -2.83. The van der Waals surface area contributed by atoms with Crippen LogP contribution in [0.1, 0.15) is 59.1 Å². The van der Waals surface area contributed by atoms with E-state index in [2.05, 4.69) is 4.98 Å². The highest BCUT2D eigenvalue weighted by molar-refractivity contribution is 5.68. The summed E-state index contributed by atoms with van der Waals surface area (Å²) in [5, 5.41) is 11.5. The molecule has 2 aromatic rings. The number of carbonyl (C=O) groups excluding carboxylic acids is 3. The van der Waals surface area contributed by atoms with Crippen LogP contribution in [0.15, 0.2) is 39.8 Å². The van der Waals surface area contributed by atoms with E-state index in [1.54, 1.807) is 32.2 Å². The Balaban J connectivity index is 1.78. The van der Waals surface area contributed by atoms with Gasteiger partial charge in [0.25, 0.3) is 0 Å². The summed E-state index contributed by atoms with van der Waals surface area (Å²) in [6.07, 6.45) is 1.24. The summed E-state index contributed by atoms with van der Waals surface area (Å²) in [6.45, 7) is 6.82. The quantitative estimate of drug-likeness (QED) is 0.434. The maximum Gasteiger partial charge on any atom is 0.345 e. The van der Waals surface area contributed by atoms with Crippen LogP contribution in [0.4, 0.5) is 0 Å². The number of aliphatic hydroxyl groups excluding tert-OH is 1. The summed E-state index contributed by atoms with van der Waals surface area (Å²) in [5.74, 6) is -2.70. The molecule has 2 aliphatic rings. The van der Waals surface area contributed by atoms with Gasteiger partial charge in [-0.15, -0.1) is 0 Å². The number of carbonyl (C=O) groups is 3. The Labute approximate surface area is 219 Å². The first-order valence-corrected chi connectivity index (χ1v) is 12.3. The zero-order valence-corrected chi connectivity index (χ0v) is 21.9. The van der Waals surface area contributed by atoms with Crippen LogP contribution in [0.2, 0.25) is 0 Å². The molecule has 0 radical (unpaired) electrons. The van der Waals surface area contributed by atoms with E-state index in [1.165, 1.54) is 33.0 Å². The van der Waals surface area contributed by atoms with Crippen molar-refractivity contribution in [3.63, 3.8) is 0 Å². The number of hydrogen-bond donors (Lipinski definition) is 1. The fourth-order valence-electron chi connectivity index (χ4n) is 5.54. The van der Waals surface area contributed by atoms with Crippen LogP contribution in [0.3, 0.4) is 0 Å². The molecule has 0 saturated heterocycles. The molecule has 0 spiro atoms. The van der Waals surface area contributed by atoms with Crippen LogP contribution in [0, 0.1) is 11.8 Å². The zero-order valence-electron chi connectivity index (χ0n) is 21.9. The van der Waals surface area contributed by atoms with Gasteiger partial charge in [0.15, 0.2) is 0 Å². The van der Waals surface area contributed by atoms with E-state index < -0.39 is 58.8 Å². The van der Waals surface area contributed by atoms with Crippen molar-refractivity contribution in [3.8, 4) is 17.1 Å². The lowest BCUT2D eigenvalue weighted by molar-refractivity contribution is -0.215. The average molecular weight is 530 g/mol. The summed E-state index contributed by atoms with van der Waals surface area (Å²) >= 11 is 0. The van der Waals surface area contributed by atoms with Crippen molar-refractivity contribution >= 4 is 17.9 Å². The minimum absolute atomic E-state index is 0.0588. The summed E-state index contributed by atoms with van der Waals surface area (Å²) < 4.78 is 28.4. The molecule has 4 rings (SSSR count). The number of nitrogens with zero attached hydrogens (tertiary/aromatic N) is 1. The second kappa shape index (κ2) is 10.2. The molecular weight excluding hydrogens is 498 g/mol. The molecule has 1 aliphatic carbocycles. The number of ether oxygens (including phenoxy) is 4. The highest BCUT2D eigenvalue weighted by atomic mass is 16.6. The maximum absolute atomic E-state index is 13.1. The van der Waals surface area contributed by atoms with Crippen LogP contribution in [0.25, 0.3) is 11.3 Å². The van der Waals surface area contributed by atoms with E-state index in [4.69, 9.17) is 23.4 Å². The van der Waals surface area contributed by atoms with E-state index in [9.17, 15) is 24.3 Å². The molecule has 1 aliphatic heterocycles. The third-order valence-electron chi connectivity index (χ3n) is 7.43. The van der Waals surface area contributed by atoms with Crippen molar-refractivity contribution in [3.05, 3.63) is 46.6 Å². The Hall–Kier alpha value is -3.73. The molecule has 0 amide bonds. The summed E-state index contributed by atoms with van der Waals surface area (Å²) in [4.78, 5) is 52.8. The number of pyridine rings is 1. The molecule has 11 nitrogen and oxygen atoms in total. The Morgan fingerprint density at radius 2 is 1.92 bits per heavy atom. The number of aliphatic hydroxyl groups is 1. The first kappa shape index (κ1) is 27.3. The topological polar surface area (TPSA) is 151 Å². The molecule has 0 aromatic carbocycles. The van der Waals surface area contributed by atoms with Gasteiger partial charge < -0.3 is 28.5 Å². The van der Waals surface area contributed by atoms with E-state index in [-0.39, 0.29) is 36.5 Å².